The Bertz CT molecular complexity index is 1600. The molecule has 0 fully saturated rings. The average molecular weight is 604 g/mol. The summed E-state index contributed by atoms with van der Waals surface area (Å²) in [7, 11) is -2.72. The molecule has 0 spiro atoms. The number of hydrogen-bond acceptors (Lipinski definition) is 5. The molecule has 0 unspecified atom stereocenters. The van der Waals surface area contributed by atoms with Gasteiger partial charge < -0.3 is 15.0 Å². The van der Waals surface area contributed by atoms with E-state index in [1.54, 1.807) is 42.5 Å². The number of likely N-dealkylation sites (N-methyl/N-ethyl adjacent to an activating group) is 1. The lowest BCUT2D eigenvalue weighted by Crippen LogP contribution is -2.53. The lowest BCUT2D eigenvalue weighted by atomic mass is 10.0. The van der Waals surface area contributed by atoms with Gasteiger partial charge in [-0.15, -0.1) is 0 Å². The number of carbonyl (C=O) groups is 2. The summed E-state index contributed by atoms with van der Waals surface area (Å²) in [4.78, 5) is 28.9. The number of anilines is 1. The van der Waals surface area contributed by atoms with E-state index < -0.39 is 40.2 Å². The van der Waals surface area contributed by atoms with E-state index in [1.165, 1.54) is 48.3 Å². The van der Waals surface area contributed by atoms with E-state index in [-0.39, 0.29) is 23.5 Å². The molecule has 0 heterocycles. The van der Waals surface area contributed by atoms with Crippen molar-refractivity contribution in [3.8, 4) is 5.75 Å². The van der Waals surface area contributed by atoms with Crippen LogP contribution in [0, 0.1) is 5.82 Å². The highest BCUT2D eigenvalue weighted by atomic mass is 32.2. The van der Waals surface area contributed by atoms with Crippen molar-refractivity contribution >= 4 is 27.5 Å². The highest BCUT2D eigenvalue weighted by molar-refractivity contribution is 7.92. The van der Waals surface area contributed by atoms with Gasteiger partial charge in [-0.2, -0.15) is 0 Å². The van der Waals surface area contributed by atoms with E-state index in [1.807, 2.05) is 37.3 Å². The molecule has 0 aliphatic carbocycles. The number of hydrogen-bond donors (Lipinski definition) is 1. The van der Waals surface area contributed by atoms with Gasteiger partial charge in [-0.3, -0.25) is 13.9 Å². The van der Waals surface area contributed by atoms with Crippen molar-refractivity contribution in [3.05, 3.63) is 126 Å². The standard InChI is InChI=1S/C33H34FN3O5S/c1-3-42-29-20-18-28(19-21-29)37(43(40,41)30-12-8-5-9-13-30)24-32(38)36(23-26-14-16-27(34)17-15-26)31(33(39)35-2)22-25-10-6-4-7-11-25/h4-21,31H,3,22-24H2,1-2H3,(H,35,39)/t31-/m1/s1. The van der Waals surface area contributed by atoms with Gasteiger partial charge in [0.1, 0.15) is 24.2 Å². The summed E-state index contributed by atoms with van der Waals surface area (Å²) in [6.45, 7) is 1.64. The van der Waals surface area contributed by atoms with E-state index in [4.69, 9.17) is 4.74 Å². The van der Waals surface area contributed by atoms with Crippen molar-refractivity contribution in [1.29, 1.82) is 0 Å². The van der Waals surface area contributed by atoms with Crippen LogP contribution < -0.4 is 14.4 Å². The number of carbonyl (C=O) groups excluding carboxylic acids is 2. The molecule has 8 nitrogen and oxygen atoms in total. The molecule has 0 aliphatic heterocycles. The molecule has 1 atom stereocenters. The largest absolute Gasteiger partial charge is 0.494 e. The average Bonchev–Trinajstić information content (AvgIpc) is 3.03. The SMILES string of the molecule is CCOc1ccc(N(CC(=O)N(Cc2ccc(F)cc2)[C@H](Cc2ccccc2)C(=O)NC)S(=O)(=O)c2ccccc2)cc1. The number of halogens is 1. The Morgan fingerprint density at radius 2 is 1.44 bits per heavy atom. The first-order valence-corrected chi connectivity index (χ1v) is 15.3. The van der Waals surface area contributed by atoms with Crippen LogP contribution in [0.3, 0.4) is 0 Å². The molecule has 224 valence electrons. The number of sulfonamides is 1. The van der Waals surface area contributed by atoms with Gasteiger partial charge in [-0.1, -0.05) is 60.7 Å². The molecule has 4 aromatic rings. The van der Waals surface area contributed by atoms with Crippen molar-refractivity contribution in [2.75, 3.05) is 24.5 Å². The first kappa shape index (κ1) is 31.2. The highest BCUT2D eigenvalue weighted by Crippen LogP contribution is 2.27. The lowest BCUT2D eigenvalue weighted by molar-refractivity contribution is -0.139. The van der Waals surface area contributed by atoms with Crippen molar-refractivity contribution < 1.29 is 27.1 Å². The van der Waals surface area contributed by atoms with Crippen molar-refractivity contribution in [2.24, 2.45) is 0 Å². The Kier molecular flexibility index (Phi) is 10.5. The Morgan fingerprint density at radius 1 is 0.837 bits per heavy atom. The molecule has 1 N–H and O–H groups in total. The topological polar surface area (TPSA) is 96.0 Å². The molecule has 10 heteroatoms. The molecule has 2 amide bonds. The van der Waals surface area contributed by atoms with Gasteiger partial charge in [0, 0.05) is 20.0 Å². The minimum atomic E-state index is -4.20. The third kappa shape index (κ3) is 7.98. The second kappa shape index (κ2) is 14.5. The molecular formula is C33H34FN3O5S. The molecular weight excluding hydrogens is 569 g/mol. The maximum absolute atomic E-state index is 14.2. The van der Waals surface area contributed by atoms with Crippen molar-refractivity contribution in [2.45, 2.75) is 30.8 Å². The maximum Gasteiger partial charge on any atom is 0.264 e. The fourth-order valence-electron chi connectivity index (χ4n) is 4.63. The van der Waals surface area contributed by atoms with Gasteiger partial charge in [-0.05, 0) is 66.6 Å². The van der Waals surface area contributed by atoms with Crippen LogP contribution in [-0.2, 0) is 32.6 Å². The summed E-state index contributed by atoms with van der Waals surface area (Å²) in [6.07, 6.45) is 0.182. The first-order chi connectivity index (χ1) is 20.7. The summed E-state index contributed by atoms with van der Waals surface area (Å²) in [5.74, 6) is -0.917. The maximum atomic E-state index is 14.2. The van der Waals surface area contributed by atoms with Gasteiger partial charge in [0.05, 0.1) is 17.2 Å². The van der Waals surface area contributed by atoms with Gasteiger partial charge >= 0.3 is 0 Å². The molecule has 43 heavy (non-hydrogen) atoms. The molecule has 0 saturated heterocycles. The van der Waals surface area contributed by atoms with E-state index in [0.717, 1.165) is 9.87 Å². The zero-order valence-corrected chi connectivity index (χ0v) is 24.8. The quantitative estimate of drug-likeness (QED) is 0.237. The number of nitrogens with zero attached hydrogens (tertiary/aromatic N) is 2. The van der Waals surface area contributed by atoms with E-state index >= 15 is 0 Å². The second-order valence-electron chi connectivity index (χ2n) is 9.72. The third-order valence-electron chi connectivity index (χ3n) is 6.83. The number of ether oxygens (including phenoxy) is 1. The Labute approximate surface area is 251 Å². The molecule has 0 aromatic heterocycles. The minimum absolute atomic E-state index is 0.00825. The number of amides is 2. The van der Waals surface area contributed by atoms with Gasteiger partial charge in [0.25, 0.3) is 10.0 Å². The number of benzene rings is 4. The van der Waals surface area contributed by atoms with Crippen molar-refractivity contribution in [1.82, 2.24) is 10.2 Å². The normalized spacial score (nSPS) is 11.8. The Morgan fingerprint density at radius 3 is 2.02 bits per heavy atom. The van der Waals surface area contributed by atoms with E-state index in [0.29, 0.717) is 17.9 Å². The summed E-state index contributed by atoms with van der Waals surface area (Å²) >= 11 is 0. The van der Waals surface area contributed by atoms with E-state index in [2.05, 4.69) is 5.32 Å². The molecule has 4 aromatic carbocycles. The summed E-state index contributed by atoms with van der Waals surface area (Å²) in [5.41, 5.74) is 1.64. The van der Waals surface area contributed by atoms with Gasteiger partial charge in [0.2, 0.25) is 11.8 Å². The highest BCUT2D eigenvalue weighted by Gasteiger charge is 2.34. The molecule has 0 saturated carbocycles. The Hall–Kier alpha value is -4.70. The van der Waals surface area contributed by atoms with Gasteiger partial charge in [0.15, 0.2) is 0 Å². The lowest BCUT2D eigenvalue weighted by Gasteiger charge is -2.33. The zero-order valence-electron chi connectivity index (χ0n) is 24.0. The zero-order chi connectivity index (χ0) is 30.8. The number of nitrogens with one attached hydrogen (secondary N) is 1. The van der Waals surface area contributed by atoms with Crippen LogP contribution in [-0.4, -0.2) is 51.4 Å². The third-order valence-corrected chi connectivity index (χ3v) is 8.62. The minimum Gasteiger partial charge on any atom is -0.494 e. The second-order valence-corrected chi connectivity index (χ2v) is 11.6. The van der Waals surface area contributed by atoms with E-state index in [9.17, 15) is 22.4 Å². The summed E-state index contributed by atoms with van der Waals surface area (Å²) in [5, 5.41) is 2.64. The van der Waals surface area contributed by atoms with Crippen LogP contribution in [0.4, 0.5) is 10.1 Å². The monoisotopic (exact) mass is 603 g/mol. The molecule has 4 rings (SSSR count). The molecule has 0 bridgehead atoms. The van der Waals surface area contributed by atoms with Crippen LogP contribution in [0.15, 0.2) is 114 Å². The van der Waals surface area contributed by atoms with Crippen LogP contribution in [0.25, 0.3) is 0 Å². The molecule has 0 radical (unpaired) electrons. The summed E-state index contributed by atoms with van der Waals surface area (Å²) in [6, 6.07) is 28.1. The fraction of sp³-hybridized carbons (Fsp3) is 0.212. The predicted molar refractivity (Wildman–Crippen MR) is 164 cm³/mol. The molecule has 0 aliphatic rings. The van der Waals surface area contributed by atoms with Crippen LogP contribution in [0.5, 0.6) is 5.75 Å². The first-order valence-electron chi connectivity index (χ1n) is 13.8. The van der Waals surface area contributed by atoms with Crippen LogP contribution in [0.1, 0.15) is 18.1 Å². The van der Waals surface area contributed by atoms with Crippen molar-refractivity contribution in [3.63, 3.8) is 0 Å². The van der Waals surface area contributed by atoms with Crippen LogP contribution in [0.2, 0.25) is 0 Å². The summed E-state index contributed by atoms with van der Waals surface area (Å²) < 4.78 is 48.2. The predicted octanol–water partition coefficient (Wildman–Crippen LogP) is 4.81. The van der Waals surface area contributed by atoms with Crippen LogP contribution >= 0.6 is 0 Å². The Balaban J connectivity index is 1.77. The number of rotatable bonds is 13. The fourth-order valence-corrected chi connectivity index (χ4v) is 6.07. The smallest absolute Gasteiger partial charge is 0.264 e. The van der Waals surface area contributed by atoms with Gasteiger partial charge in [-0.25, -0.2) is 12.8 Å².